The molecule has 0 radical (unpaired) electrons. The maximum atomic E-state index is 14.9. The number of thiazole rings is 1. The Labute approximate surface area is 589 Å². The smallest absolute Gasteiger partial charge is 0.255 e. The average molecular weight is 1380 g/mol. The van der Waals surface area contributed by atoms with Gasteiger partial charge in [-0.1, -0.05) is 100 Å². The van der Waals surface area contributed by atoms with Gasteiger partial charge in [-0.25, -0.2) is 4.98 Å². The SMILES string of the molecule is CN[C@@H](C)C(=O)N[C@H](C(=O)N1C[C@@H](Oc2cccc(OCCCCCCOCCCCCOCCCCCOc3cc(-c4scnc4C)ccc3CNC(=O)[C@@H]3C[C@@H](O)CN3C(=O)[C@H](C(C)C)N3Cc4ccccc4C3=O)c2)C[C@H]1C(=O)N[C@@H]1CCCc2ccccc21)C1CCCCC1. The quantitative estimate of drug-likeness (QED) is 0.0233. The highest BCUT2D eigenvalue weighted by Crippen LogP contribution is 2.37. The van der Waals surface area contributed by atoms with Crippen molar-refractivity contribution >= 4 is 46.8 Å². The van der Waals surface area contributed by atoms with Crippen molar-refractivity contribution in [3.05, 3.63) is 130 Å². The number of aliphatic hydroxyl groups excluding tert-OH is 1. The number of benzene rings is 4. The van der Waals surface area contributed by atoms with Crippen LogP contribution in [0.3, 0.4) is 0 Å². The van der Waals surface area contributed by atoms with Gasteiger partial charge in [0.05, 0.1) is 54.0 Å². The van der Waals surface area contributed by atoms with E-state index in [9.17, 15) is 33.9 Å². The summed E-state index contributed by atoms with van der Waals surface area (Å²) in [5.41, 5.74) is 8.35. The molecule has 5 aliphatic rings. The number of nitrogens with zero attached hydrogens (tertiary/aromatic N) is 4. The normalized spacial score (nSPS) is 20.1. The number of fused-ring (bicyclic) bond motifs is 2. The van der Waals surface area contributed by atoms with Gasteiger partial charge in [0, 0.05) is 76.1 Å². The lowest BCUT2D eigenvalue weighted by molar-refractivity contribution is -0.143. The van der Waals surface area contributed by atoms with E-state index in [1.807, 2.05) is 99.1 Å². The second kappa shape index (κ2) is 37.3. The molecule has 3 aliphatic heterocycles. The maximum absolute atomic E-state index is 14.9. The predicted molar refractivity (Wildman–Crippen MR) is 382 cm³/mol. The van der Waals surface area contributed by atoms with Crippen LogP contribution in [0.25, 0.3) is 10.4 Å². The second-order valence-electron chi connectivity index (χ2n) is 27.9. The summed E-state index contributed by atoms with van der Waals surface area (Å²) in [5.74, 6) is 0.183. The molecule has 99 heavy (non-hydrogen) atoms. The van der Waals surface area contributed by atoms with Crippen molar-refractivity contribution in [1.29, 1.82) is 0 Å². The zero-order valence-corrected chi connectivity index (χ0v) is 59.7. The number of carbonyl (C=O) groups is 6. The summed E-state index contributed by atoms with van der Waals surface area (Å²) in [6, 6.07) is 25.4. The molecule has 0 unspecified atom stereocenters. The Balaban J connectivity index is 0.583. The third-order valence-electron chi connectivity index (χ3n) is 20.3. The summed E-state index contributed by atoms with van der Waals surface area (Å²) >= 11 is 1.56. The lowest BCUT2D eigenvalue weighted by atomic mass is 9.83. The van der Waals surface area contributed by atoms with Crippen molar-refractivity contribution < 1.29 is 57.6 Å². The minimum Gasteiger partial charge on any atom is -0.493 e. The van der Waals surface area contributed by atoms with Crippen LogP contribution in [0.1, 0.15) is 187 Å². The molecule has 5 aromatic rings. The Kier molecular flexibility index (Phi) is 28.0. The Morgan fingerprint density at radius 2 is 1.33 bits per heavy atom. The highest BCUT2D eigenvalue weighted by molar-refractivity contribution is 7.13. The second-order valence-corrected chi connectivity index (χ2v) is 28.8. The number of amides is 6. The molecule has 8 atom stereocenters. The molecular formula is C78H106N8O12S. The largest absolute Gasteiger partial charge is 0.493 e. The molecule has 536 valence electrons. The zero-order valence-electron chi connectivity index (χ0n) is 58.9. The van der Waals surface area contributed by atoms with Crippen LogP contribution in [0.4, 0.5) is 0 Å². The van der Waals surface area contributed by atoms with Crippen LogP contribution in [-0.2, 0) is 53.0 Å². The molecule has 0 spiro atoms. The number of rotatable bonds is 37. The minimum absolute atomic E-state index is 0.0121. The van der Waals surface area contributed by atoms with Gasteiger partial charge in [-0.3, -0.25) is 28.8 Å². The fourth-order valence-electron chi connectivity index (χ4n) is 14.7. The van der Waals surface area contributed by atoms with Gasteiger partial charge in [-0.05, 0) is 169 Å². The van der Waals surface area contributed by atoms with Crippen molar-refractivity contribution in [2.45, 2.75) is 218 Å². The van der Waals surface area contributed by atoms with E-state index in [4.69, 9.17) is 23.7 Å². The van der Waals surface area contributed by atoms with E-state index in [2.05, 4.69) is 38.4 Å². The Bertz CT molecular complexity index is 3470. The molecule has 2 saturated heterocycles. The monoisotopic (exact) mass is 1380 g/mol. The minimum atomic E-state index is -0.893. The Morgan fingerprint density at radius 3 is 2.03 bits per heavy atom. The van der Waals surface area contributed by atoms with E-state index in [1.165, 1.54) is 10.5 Å². The zero-order chi connectivity index (χ0) is 69.6. The first-order valence-electron chi connectivity index (χ1n) is 36.7. The van der Waals surface area contributed by atoms with Gasteiger partial charge in [0.15, 0.2) is 0 Å². The van der Waals surface area contributed by atoms with Crippen molar-refractivity contribution in [2.75, 3.05) is 59.8 Å². The van der Waals surface area contributed by atoms with Crippen LogP contribution in [0.5, 0.6) is 17.2 Å². The van der Waals surface area contributed by atoms with Crippen LogP contribution >= 0.6 is 11.3 Å². The third kappa shape index (κ3) is 20.2. The molecule has 2 aliphatic carbocycles. The molecular weight excluding hydrogens is 1270 g/mol. The fraction of sp³-hybridized carbons (Fsp3) is 0.577. The fourth-order valence-corrected chi connectivity index (χ4v) is 15.5. The van der Waals surface area contributed by atoms with E-state index in [-0.39, 0.29) is 79.4 Å². The molecule has 20 nitrogen and oxygen atoms in total. The Hall–Kier alpha value is -7.43. The molecule has 3 fully saturated rings. The number of aliphatic hydroxyl groups is 1. The van der Waals surface area contributed by atoms with Gasteiger partial charge in [0.2, 0.25) is 29.5 Å². The summed E-state index contributed by atoms with van der Waals surface area (Å²) in [6.07, 6.45) is 16.3. The van der Waals surface area contributed by atoms with E-state index >= 15 is 0 Å². The number of hydrogen-bond acceptors (Lipinski definition) is 15. The standard InChI is InChI=1S/C78H106N8O12S/c1-52(2)71(86-48-59-28-14-16-33-65(59)76(86)91)78(93)84-49-60(87)44-67(84)74(89)80-47-58-36-35-57(72-53(3)81-51-99-72)43-69(58)97-42-22-10-20-40-95-39-19-9-18-38-94-37-17-6-7-21-41-96-61-30-24-31-62(45-61)98-63-46-68(75(90)82-66-34-23-29-55-25-13-15-32-64(55)66)85(50-63)77(92)70(56-26-11-8-12-27-56)83-73(88)54(4)79-5/h13-16,24-25,28,30-33,35-36,43,45,51-52,54,56,60,63,66-68,70-71,79,87H,6-12,17-23,26-27,29,34,37-42,44,46-50H2,1-5H3,(H,80,89)(H,82,90)(H,83,88)/t54-,60+,63-,66+,67-,68-,70-,71-/m0/s1. The number of likely N-dealkylation sites (tertiary alicyclic amines) is 2. The maximum Gasteiger partial charge on any atom is 0.255 e. The molecule has 10 rings (SSSR count). The van der Waals surface area contributed by atoms with Crippen molar-refractivity contribution in [2.24, 2.45) is 11.8 Å². The van der Waals surface area contributed by atoms with Gasteiger partial charge >= 0.3 is 0 Å². The molecule has 1 aromatic heterocycles. The first-order chi connectivity index (χ1) is 48.1. The number of hydrogen-bond donors (Lipinski definition) is 5. The van der Waals surface area contributed by atoms with Gasteiger partial charge in [-0.2, -0.15) is 0 Å². The highest BCUT2D eigenvalue weighted by atomic mass is 32.1. The summed E-state index contributed by atoms with van der Waals surface area (Å²) < 4.78 is 31.2. The van der Waals surface area contributed by atoms with Crippen LogP contribution in [-0.4, -0.2) is 162 Å². The van der Waals surface area contributed by atoms with Gasteiger partial charge < -0.3 is 64.8 Å². The van der Waals surface area contributed by atoms with E-state index in [0.29, 0.717) is 62.2 Å². The number of unbranched alkanes of at least 4 members (excludes halogenated alkanes) is 7. The first-order valence-corrected chi connectivity index (χ1v) is 37.6. The number of aromatic nitrogens is 1. The lowest BCUT2D eigenvalue weighted by Gasteiger charge is -2.35. The van der Waals surface area contributed by atoms with E-state index < -0.39 is 42.4 Å². The van der Waals surface area contributed by atoms with Crippen LogP contribution in [0, 0.1) is 18.8 Å². The topological polar surface area (TPSA) is 240 Å². The molecule has 1 saturated carbocycles. The molecule has 4 aromatic carbocycles. The molecule has 5 N–H and O–H groups in total. The Morgan fingerprint density at radius 1 is 0.677 bits per heavy atom. The van der Waals surface area contributed by atoms with Crippen molar-refractivity contribution in [3.63, 3.8) is 0 Å². The molecule has 4 heterocycles. The number of carbonyl (C=O) groups excluding carboxylic acids is 6. The predicted octanol–water partition coefficient (Wildman–Crippen LogP) is 11.0. The van der Waals surface area contributed by atoms with Crippen LogP contribution in [0.2, 0.25) is 0 Å². The average Bonchev–Trinajstić information content (AvgIpc) is 1.65. The van der Waals surface area contributed by atoms with E-state index in [0.717, 1.165) is 162 Å². The van der Waals surface area contributed by atoms with Crippen LogP contribution in [0.15, 0.2) is 96.5 Å². The number of likely N-dealkylation sites (N-methyl/N-ethyl adjacent to an activating group) is 1. The lowest BCUT2D eigenvalue weighted by Crippen LogP contribution is -2.58. The summed E-state index contributed by atoms with van der Waals surface area (Å²) in [4.78, 5) is 94.7. The van der Waals surface area contributed by atoms with Gasteiger partial charge in [0.25, 0.3) is 5.91 Å². The van der Waals surface area contributed by atoms with E-state index in [1.54, 1.807) is 41.2 Å². The molecule has 21 heteroatoms. The molecule has 0 bridgehead atoms. The number of nitrogens with one attached hydrogen (secondary N) is 4. The summed E-state index contributed by atoms with van der Waals surface area (Å²) in [5, 5.41) is 23.3. The third-order valence-corrected chi connectivity index (χ3v) is 21.3. The first kappa shape index (κ1) is 74.3. The molecule has 6 amide bonds. The summed E-state index contributed by atoms with van der Waals surface area (Å²) in [6.45, 7) is 12.2. The van der Waals surface area contributed by atoms with Crippen LogP contribution < -0.4 is 35.5 Å². The number of ether oxygens (including phenoxy) is 5. The van der Waals surface area contributed by atoms with Gasteiger partial charge in [0.1, 0.15) is 47.5 Å². The number of β-amino-alcohol motifs (C(OH)–C–C–N with tert-alkyl or cyclic N) is 1. The number of aryl methyl sites for hydroxylation is 2. The van der Waals surface area contributed by atoms with Crippen molar-refractivity contribution in [1.82, 2.24) is 41.0 Å². The van der Waals surface area contributed by atoms with Gasteiger partial charge in [-0.15, -0.1) is 11.3 Å². The van der Waals surface area contributed by atoms with Crippen molar-refractivity contribution in [3.8, 4) is 27.7 Å². The highest BCUT2D eigenvalue weighted by Gasteiger charge is 2.48. The summed E-state index contributed by atoms with van der Waals surface area (Å²) in [7, 11) is 1.73.